The highest BCUT2D eigenvalue weighted by Gasteiger charge is 2.39. The summed E-state index contributed by atoms with van der Waals surface area (Å²) in [6.07, 6.45) is 2.75. The number of hydrogen-bond donors (Lipinski definition) is 0. The van der Waals surface area contributed by atoms with E-state index in [0.29, 0.717) is 10.7 Å². The molecular formula is C12H6ClN3O2. The first-order chi connectivity index (χ1) is 8.70. The molecule has 5 nitrogen and oxygen atoms in total. The van der Waals surface area contributed by atoms with Gasteiger partial charge in [-0.05, 0) is 12.1 Å². The summed E-state index contributed by atoms with van der Waals surface area (Å²) < 4.78 is 0. The Hall–Kier alpha value is -2.27. The summed E-state index contributed by atoms with van der Waals surface area (Å²) in [5, 5.41) is 0.326. The van der Waals surface area contributed by atoms with E-state index in [1.54, 1.807) is 24.3 Å². The van der Waals surface area contributed by atoms with Gasteiger partial charge in [-0.3, -0.25) is 9.59 Å². The largest absolute Gasteiger partial charge is 0.286 e. The summed E-state index contributed by atoms with van der Waals surface area (Å²) in [6.45, 7) is 0. The molecule has 0 radical (unpaired) electrons. The lowest BCUT2D eigenvalue weighted by atomic mass is 10.3. The van der Waals surface area contributed by atoms with Crippen LogP contribution in [0.15, 0.2) is 36.7 Å². The molecule has 6 heteroatoms. The van der Waals surface area contributed by atoms with E-state index in [4.69, 9.17) is 11.6 Å². The Morgan fingerprint density at radius 3 is 2.06 bits per heavy atom. The molecule has 0 fully saturated rings. The van der Waals surface area contributed by atoms with Crippen molar-refractivity contribution in [2.45, 2.75) is 0 Å². The maximum atomic E-state index is 12.1. The van der Waals surface area contributed by atoms with Crippen molar-refractivity contribution >= 4 is 29.1 Å². The van der Waals surface area contributed by atoms with Gasteiger partial charge in [-0.25, -0.2) is 14.9 Å². The molecule has 1 aliphatic rings. The molecule has 1 aliphatic heterocycles. The van der Waals surface area contributed by atoms with Gasteiger partial charge in [0.15, 0.2) is 11.4 Å². The summed E-state index contributed by atoms with van der Waals surface area (Å²) in [6, 6.07) is 6.64. The normalized spacial score (nSPS) is 13.9. The summed E-state index contributed by atoms with van der Waals surface area (Å²) in [7, 11) is 0. The van der Waals surface area contributed by atoms with Gasteiger partial charge in [0.25, 0.3) is 11.8 Å². The van der Waals surface area contributed by atoms with Gasteiger partial charge in [-0.2, -0.15) is 0 Å². The van der Waals surface area contributed by atoms with Crippen LogP contribution in [0.4, 0.5) is 5.69 Å². The number of rotatable bonds is 1. The Labute approximate surface area is 107 Å². The second kappa shape index (κ2) is 3.89. The zero-order chi connectivity index (χ0) is 12.7. The molecule has 0 saturated heterocycles. The Morgan fingerprint density at radius 1 is 0.944 bits per heavy atom. The van der Waals surface area contributed by atoms with Gasteiger partial charge in [0.05, 0.1) is 10.7 Å². The molecule has 0 bridgehead atoms. The molecule has 0 spiro atoms. The quantitative estimate of drug-likeness (QED) is 0.734. The SMILES string of the molecule is O=C1c2nccnc2C(=O)N1c1ccccc1Cl. The first-order valence-corrected chi connectivity index (χ1v) is 5.52. The van der Waals surface area contributed by atoms with Crippen LogP contribution in [0, 0.1) is 0 Å². The van der Waals surface area contributed by atoms with Crippen molar-refractivity contribution in [3.63, 3.8) is 0 Å². The van der Waals surface area contributed by atoms with E-state index in [0.717, 1.165) is 4.90 Å². The summed E-state index contributed by atoms with van der Waals surface area (Å²) in [5.41, 5.74) is 0.457. The molecular weight excluding hydrogens is 254 g/mol. The van der Waals surface area contributed by atoms with Crippen LogP contribution in [0.25, 0.3) is 0 Å². The summed E-state index contributed by atoms with van der Waals surface area (Å²) in [5.74, 6) is -1.01. The fraction of sp³-hybridized carbons (Fsp3) is 0. The lowest BCUT2D eigenvalue weighted by Gasteiger charge is -2.14. The Kier molecular flexibility index (Phi) is 2.34. The van der Waals surface area contributed by atoms with Crippen LogP contribution in [0.5, 0.6) is 0 Å². The average molecular weight is 260 g/mol. The van der Waals surface area contributed by atoms with Crippen molar-refractivity contribution in [2.24, 2.45) is 0 Å². The number of imide groups is 1. The molecule has 3 rings (SSSR count). The minimum Gasteiger partial charge on any atom is -0.266 e. The lowest BCUT2D eigenvalue weighted by molar-refractivity contribution is 0.0923. The predicted molar refractivity (Wildman–Crippen MR) is 64.6 cm³/mol. The number of anilines is 1. The van der Waals surface area contributed by atoms with E-state index >= 15 is 0 Å². The van der Waals surface area contributed by atoms with Crippen molar-refractivity contribution in [3.05, 3.63) is 53.1 Å². The van der Waals surface area contributed by atoms with Crippen LogP contribution in [0.2, 0.25) is 5.02 Å². The van der Waals surface area contributed by atoms with Gasteiger partial charge in [0, 0.05) is 12.4 Å². The molecule has 2 amide bonds. The van der Waals surface area contributed by atoms with E-state index in [-0.39, 0.29) is 11.4 Å². The zero-order valence-electron chi connectivity index (χ0n) is 9.00. The molecule has 2 aromatic rings. The lowest BCUT2D eigenvalue weighted by Crippen LogP contribution is -2.29. The molecule has 18 heavy (non-hydrogen) atoms. The number of carbonyl (C=O) groups is 2. The van der Waals surface area contributed by atoms with Gasteiger partial charge in [-0.15, -0.1) is 0 Å². The molecule has 1 aromatic heterocycles. The highest BCUT2D eigenvalue weighted by Crippen LogP contribution is 2.31. The highest BCUT2D eigenvalue weighted by molar-refractivity contribution is 6.39. The van der Waals surface area contributed by atoms with E-state index in [9.17, 15) is 9.59 Å². The van der Waals surface area contributed by atoms with Crippen LogP contribution in [0.1, 0.15) is 21.0 Å². The fourth-order valence-corrected chi connectivity index (χ4v) is 2.03. The molecule has 0 saturated carbocycles. The number of carbonyl (C=O) groups excluding carboxylic acids is 2. The van der Waals surface area contributed by atoms with Crippen LogP contribution < -0.4 is 4.90 Å². The van der Waals surface area contributed by atoms with Gasteiger partial charge in [0.2, 0.25) is 0 Å². The number of hydrogen-bond acceptors (Lipinski definition) is 4. The number of halogens is 1. The molecule has 0 atom stereocenters. The molecule has 0 aliphatic carbocycles. The predicted octanol–water partition coefficient (Wildman–Crippen LogP) is 1.93. The van der Waals surface area contributed by atoms with Crippen LogP contribution in [-0.4, -0.2) is 21.8 Å². The highest BCUT2D eigenvalue weighted by atomic mass is 35.5. The van der Waals surface area contributed by atoms with Gasteiger partial charge in [0.1, 0.15) is 0 Å². The number of nitrogens with zero attached hydrogens (tertiary/aromatic N) is 3. The maximum absolute atomic E-state index is 12.1. The van der Waals surface area contributed by atoms with Crippen molar-refractivity contribution in [1.82, 2.24) is 9.97 Å². The minimum absolute atomic E-state index is 0.0578. The van der Waals surface area contributed by atoms with E-state index in [1.165, 1.54) is 12.4 Å². The molecule has 0 N–H and O–H groups in total. The van der Waals surface area contributed by atoms with Gasteiger partial charge < -0.3 is 0 Å². The zero-order valence-corrected chi connectivity index (χ0v) is 9.76. The Balaban J connectivity index is 2.16. The van der Waals surface area contributed by atoms with Crippen LogP contribution in [0.3, 0.4) is 0 Å². The second-order valence-electron chi connectivity index (χ2n) is 3.65. The number of benzene rings is 1. The second-order valence-corrected chi connectivity index (χ2v) is 4.06. The van der Waals surface area contributed by atoms with Crippen LogP contribution >= 0.6 is 11.6 Å². The van der Waals surface area contributed by atoms with Gasteiger partial charge >= 0.3 is 0 Å². The third-order valence-corrected chi connectivity index (χ3v) is 2.92. The van der Waals surface area contributed by atoms with Crippen molar-refractivity contribution in [3.8, 4) is 0 Å². The third kappa shape index (κ3) is 1.41. The van der Waals surface area contributed by atoms with E-state index in [2.05, 4.69) is 9.97 Å². The number of amides is 2. The average Bonchev–Trinajstić information content (AvgIpc) is 2.64. The van der Waals surface area contributed by atoms with Crippen LogP contribution in [-0.2, 0) is 0 Å². The summed E-state index contributed by atoms with van der Waals surface area (Å²) >= 11 is 5.99. The first kappa shape index (κ1) is 10.9. The number of aromatic nitrogens is 2. The van der Waals surface area contributed by atoms with Crippen molar-refractivity contribution in [1.29, 1.82) is 0 Å². The van der Waals surface area contributed by atoms with Crippen molar-refractivity contribution in [2.75, 3.05) is 4.90 Å². The Bertz CT molecular complexity index is 637. The van der Waals surface area contributed by atoms with E-state index in [1.807, 2.05) is 0 Å². The third-order valence-electron chi connectivity index (χ3n) is 2.60. The smallest absolute Gasteiger partial charge is 0.266 e. The standard InChI is InChI=1S/C12H6ClN3O2/c13-7-3-1-2-4-8(7)16-11(17)9-10(12(16)18)15-6-5-14-9/h1-6H. The topological polar surface area (TPSA) is 63.2 Å². The fourth-order valence-electron chi connectivity index (χ4n) is 1.81. The van der Waals surface area contributed by atoms with Crippen molar-refractivity contribution < 1.29 is 9.59 Å². The first-order valence-electron chi connectivity index (χ1n) is 5.14. The molecule has 2 heterocycles. The van der Waals surface area contributed by atoms with E-state index < -0.39 is 11.8 Å². The Morgan fingerprint density at radius 2 is 1.50 bits per heavy atom. The minimum atomic E-state index is -0.504. The monoisotopic (exact) mass is 259 g/mol. The molecule has 88 valence electrons. The molecule has 1 aromatic carbocycles. The number of fused-ring (bicyclic) bond motifs is 1. The van der Waals surface area contributed by atoms with Gasteiger partial charge in [-0.1, -0.05) is 23.7 Å². The number of para-hydroxylation sites is 1. The maximum Gasteiger partial charge on any atom is 0.286 e. The molecule has 0 unspecified atom stereocenters. The summed E-state index contributed by atoms with van der Waals surface area (Å²) in [4.78, 5) is 33.0.